The first-order valence-electron chi connectivity index (χ1n) is 6.75. The van der Waals surface area contributed by atoms with E-state index in [0.29, 0.717) is 16.8 Å². The molecule has 1 saturated carbocycles. The maximum absolute atomic E-state index is 6.25. The highest BCUT2D eigenvalue weighted by Crippen LogP contribution is 2.38. The summed E-state index contributed by atoms with van der Waals surface area (Å²) in [5, 5.41) is 0.699. The lowest BCUT2D eigenvalue weighted by Gasteiger charge is -2.08. The second kappa shape index (κ2) is 4.89. The second-order valence-corrected chi connectivity index (χ2v) is 5.63. The molecule has 2 N–H and O–H groups in total. The van der Waals surface area contributed by atoms with Crippen LogP contribution in [0.3, 0.4) is 0 Å². The van der Waals surface area contributed by atoms with E-state index in [1.165, 1.54) is 25.7 Å². The predicted molar refractivity (Wildman–Crippen MR) is 79.3 cm³/mol. The van der Waals surface area contributed by atoms with Crippen LogP contribution in [0.1, 0.15) is 37.4 Å². The van der Waals surface area contributed by atoms with Gasteiger partial charge in [0.1, 0.15) is 17.3 Å². The fourth-order valence-corrected chi connectivity index (χ4v) is 3.15. The number of imidazole rings is 1. The van der Waals surface area contributed by atoms with Crippen LogP contribution in [0.15, 0.2) is 24.3 Å². The number of nitrogens with two attached hydrogens (primary N) is 1. The van der Waals surface area contributed by atoms with Gasteiger partial charge in [-0.25, -0.2) is 4.98 Å². The molecule has 1 aromatic heterocycles. The summed E-state index contributed by atoms with van der Waals surface area (Å²) in [7, 11) is 2.00. The molecule has 1 aromatic carbocycles. The number of nitrogens with zero attached hydrogens (tertiary/aromatic N) is 2. The van der Waals surface area contributed by atoms with Crippen LogP contribution in [0.5, 0.6) is 0 Å². The van der Waals surface area contributed by atoms with Crippen LogP contribution in [0, 0.1) is 0 Å². The van der Waals surface area contributed by atoms with Crippen molar-refractivity contribution in [2.75, 3.05) is 5.73 Å². The molecule has 4 heteroatoms. The molecule has 0 atom stereocenters. The molecule has 3 nitrogen and oxygen atoms in total. The van der Waals surface area contributed by atoms with Crippen molar-refractivity contribution in [3.8, 4) is 11.3 Å². The molecular weight excluding hydrogens is 258 g/mol. The van der Waals surface area contributed by atoms with Gasteiger partial charge in [0.2, 0.25) is 0 Å². The van der Waals surface area contributed by atoms with Crippen molar-refractivity contribution in [1.82, 2.24) is 9.55 Å². The van der Waals surface area contributed by atoms with Crippen LogP contribution in [-0.4, -0.2) is 9.55 Å². The van der Waals surface area contributed by atoms with Crippen LogP contribution in [0.2, 0.25) is 5.02 Å². The van der Waals surface area contributed by atoms with Gasteiger partial charge in [-0.15, -0.1) is 0 Å². The van der Waals surface area contributed by atoms with Crippen molar-refractivity contribution < 1.29 is 0 Å². The number of halogens is 1. The number of aromatic nitrogens is 2. The Morgan fingerprint density at radius 3 is 2.63 bits per heavy atom. The number of hydrogen-bond acceptors (Lipinski definition) is 2. The molecule has 3 rings (SSSR count). The molecule has 0 unspecified atom stereocenters. The summed E-state index contributed by atoms with van der Waals surface area (Å²) in [5.74, 6) is 2.35. The van der Waals surface area contributed by atoms with Crippen molar-refractivity contribution in [2.24, 2.45) is 7.05 Å². The third-order valence-corrected chi connectivity index (χ3v) is 4.35. The molecule has 2 aromatic rings. The van der Waals surface area contributed by atoms with Gasteiger partial charge in [-0.1, -0.05) is 42.6 Å². The molecule has 0 bridgehead atoms. The SMILES string of the molecule is Cn1c(C2CCCC2)nc(-c2ccccc2Cl)c1N. The Morgan fingerprint density at radius 2 is 1.95 bits per heavy atom. The number of rotatable bonds is 2. The second-order valence-electron chi connectivity index (χ2n) is 5.22. The van der Waals surface area contributed by atoms with E-state index in [9.17, 15) is 0 Å². The highest BCUT2D eigenvalue weighted by atomic mass is 35.5. The highest BCUT2D eigenvalue weighted by Gasteiger charge is 2.24. The summed E-state index contributed by atoms with van der Waals surface area (Å²) in [6.07, 6.45) is 5.01. The third kappa shape index (κ3) is 2.12. The number of benzene rings is 1. The van der Waals surface area contributed by atoms with Gasteiger partial charge in [0.05, 0.1) is 5.02 Å². The molecule has 0 spiro atoms. The monoisotopic (exact) mass is 275 g/mol. The Morgan fingerprint density at radius 1 is 1.26 bits per heavy atom. The average molecular weight is 276 g/mol. The van der Waals surface area contributed by atoms with Gasteiger partial charge in [-0.3, -0.25) is 0 Å². The normalized spacial score (nSPS) is 16.1. The molecule has 0 radical (unpaired) electrons. The van der Waals surface area contributed by atoms with Crippen molar-refractivity contribution in [2.45, 2.75) is 31.6 Å². The molecule has 0 aliphatic heterocycles. The number of anilines is 1. The zero-order chi connectivity index (χ0) is 13.4. The molecule has 100 valence electrons. The standard InChI is InChI=1S/C15H18ClN3/c1-19-14(17)13(11-8-4-5-9-12(11)16)18-15(19)10-6-2-3-7-10/h4-5,8-10H,2-3,6-7,17H2,1H3. The summed E-state index contributed by atoms with van der Waals surface area (Å²) < 4.78 is 2.02. The van der Waals surface area contributed by atoms with Gasteiger partial charge in [0.25, 0.3) is 0 Å². The largest absolute Gasteiger partial charge is 0.383 e. The maximum atomic E-state index is 6.25. The van der Waals surface area contributed by atoms with Gasteiger partial charge in [-0.05, 0) is 18.9 Å². The molecular formula is C15H18ClN3. The minimum Gasteiger partial charge on any atom is -0.383 e. The van der Waals surface area contributed by atoms with Crippen LogP contribution in [-0.2, 0) is 7.05 Å². The molecule has 1 aliphatic carbocycles. The van der Waals surface area contributed by atoms with E-state index in [-0.39, 0.29) is 0 Å². The Kier molecular flexibility index (Phi) is 3.23. The van der Waals surface area contributed by atoms with Crippen LogP contribution < -0.4 is 5.73 Å². The van der Waals surface area contributed by atoms with Gasteiger partial charge in [-0.2, -0.15) is 0 Å². The van der Waals surface area contributed by atoms with Gasteiger partial charge >= 0.3 is 0 Å². The van der Waals surface area contributed by atoms with E-state index in [1.54, 1.807) is 0 Å². The van der Waals surface area contributed by atoms with Crippen LogP contribution in [0.4, 0.5) is 5.82 Å². The van der Waals surface area contributed by atoms with Crippen molar-refractivity contribution >= 4 is 17.4 Å². The van der Waals surface area contributed by atoms with E-state index in [4.69, 9.17) is 22.3 Å². The van der Waals surface area contributed by atoms with E-state index in [1.807, 2.05) is 35.9 Å². The average Bonchev–Trinajstić information content (AvgIpc) is 3.02. The summed E-state index contributed by atoms with van der Waals surface area (Å²) in [6.45, 7) is 0. The van der Waals surface area contributed by atoms with Gasteiger partial charge < -0.3 is 10.3 Å². The summed E-state index contributed by atoms with van der Waals surface area (Å²) in [6, 6.07) is 7.73. The Bertz CT molecular complexity index is 597. The van der Waals surface area contributed by atoms with Crippen molar-refractivity contribution in [3.63, 3.8) is 0 Å². The predicted octanol–water partition coefficient (Wildman–Crippen LogP) is 3.98. The highest BCUT2D eigenvalue weighted by molar-refractivity contribution is 6.33. The van der Waals surface area contributed by atoms with E-state index >= 15 is 0 Å². The molecule has 1 fully saturated rings. The fourth-order valence-electron chi connectivity index (χ4n) is 2.93. The molecule has 0 amide bonds. The first kappa shape index (κ1) is 12.5. The fraction of sp³-hybridized carbons (Fsp3) is 0.400. The lowest BCUT2D eigenvalue weighted by atomic mass is 10.1. The Hall–Kier alpha value is -1.48. The first-order chi connectivity index (χ1) is 9.18. The van der Waals surface area contributed by atoms with E-state index in [2.05, 4.69) is 0 Å². The van der Waals surface area contributed by atoms with Crippen LogP contribution >= 0.6 is 11.6 Å². The lowest BCUT2D eigenvalue weighted by molar-refractivity contribution is 0.635. The zero-order valence-corrected chi connectivity index (χ0v) is 11.8. The van der Waals surface area contributed by atoms with E-state index < -0.39 is 0 Å². The number of nitrogen functional groups attached to an aromatic ring is 1. The lowest BCUT2D eigenvalue weighted by Crippen LogP contribution is -2.05. The molecule has 1 aliphatic rings. The van der Waals surface area contributed by atoms with Gasteiger partial charge in [0, 0.05) is 18.5 Å². The maximum Gasteiger partial charge on any atom is 0.131 e. The van der Waals surface area contributed by atoms with Crippen molar-refractivity contribution in [3.05, 3.63) is 35.1 Å². The van der Waals surface area contributed by atoms with Gasteiger partial charge in [0.15, 0.2) is 0 Å². The zero-order valence-electron chi connectivity index (χ0n) is 11.1. The molecule has 1 heterocycles. The van der Waals surface area contributed by atoms with Crippen LogP contribution in [0.25, 0.3) is 11.3 Å². The summed E-state index contributed by atoms with van der Waals surface area (Å²) in [5.41, 5.74) is 7.95. The Labute approximate surface area is 118 Å². The minimum absolute atomic E-state index is 0.545. The molecule has 19 heavy (non-hydrogen) atoms. The Balaban J connectivity index is 2.08. The topological polar surface area (TPSA) is 43.8 Å². The summed E-state index contributed by atoms with van der Waals surface area (Å²) >= 11 is 6.25. The minimum atomic E-state index is 0.545. The smallest absolute Gasteiger partial charge is 0.131 e. The van der Waals surface area contributed by atoms with E-state index in [0.717, 1.165) is 17.1 Å². The third-order valence-electron chi connectivity index (χ3n) is 4.02. The summed E-state index contributed by atoms with van der Waals surface area (Å²) in [4.78, 5) is 4.78. The molecule has 0 saturated heterocycles. The first-order valence-corrected chi connectivity index (χ1v) is 7.13. The number of hydrogen-bond donors (Lipinski definition) is 1. The van der Waals surface area contributed by atoms with Crippen molar-refractivity contribution in [1.29, 1.82) is 0 Å². The quantitative estimate of drug-likeness (QED) is 0.901.